The molecule has 0 spiro atoms. The molecule has 3 nitrogen and oxygen atoms in total. The van der Waals surface area contributed by atoms with Gasteiger partial charge in [0, 0.05) is 12.3 Å². The molecule has 1 N–H and O–H groups in total. The molecule has 0 amide bonds. The Hall–Kier alpha value is -1.09. The molecule has 1 aromatic heterocycles. The van der Waals surface area contributed by atoms with Crippen molar-refractivity contribution in [1.29, 1.82) is 0 Å². The molecule has 0 aromatic carbocycles. The normalized spacial score (nSPS) is 22.2. The summed E-state index contributed by atoms with van der Waals surface area (Å²) in [6, 6.07) is 4.26. The molecule has 0 unspecified atom stereocenters. The molecule has 1 aliphatic heterocycles. The summed E-state index contributed by atoms with van der Waals surface area (Å²) in [6.45, 7) is 2.12. The molecule has 0 atom stereocenters. The van der Waals surface area contributed by atoms with E-state index in [1.807, 2.05) is 6.20 Å². The Morgan fingerprint density at radius 1 is 1.06 bits per heavy atom. The minimum Gasteiger partial charge on any atom is -0.474 e. The van der Waals surface area contributed by atoms with Crippen LogP contribution in [0.4, 0.5) is 0 Å². The summed E-state index contributed by atoms with van der Waals surface area (Å²) < 4.78 is 5.92. The van der Waals surface area contributed by atoms with Crippen LogP contribution in [0.3, 0.4) is 0 Å². The van der Waals surface area contributed by atoms with E-state index in [0.717, 1.165) is 37.7 Å². The summed E-state index contributed by atoms with van der Waals surface area (Å²) in [5.41, 5.74) is 1.39. The summed E-state index contributed by atoms with van der Waals surface area (Å²) in [6.07, 6.45) is 9.95. The number of rotatable bonds is 3. The van der Waals surface area contributed by atoms with E-state index in [2.05, 4.69) is 22.4 Å². The maximum atomic E-state index is 5.92. The van der Waals surface area contributed by atoms with E-state index < -0.39 is 0 Å². The van der Waals surface area contributed by atoms with Crippen LogP contribution in [-0.4, -0.2) is 24.2 Å². The molecule has 2 fully saturated rings. The van der Waals surface area contributed by atoms with E-state index in [1.54, 1.807) is 0 Å². The van der Waals surface area contributed by atoms with Crippen molar-refractivity contribution in [3.8, 4) is 5.88 Å². The maximum absolute atomic E-state index is 5.92. The molecule has 1 saturated heterocycles. The molecule has 1 aromatic rings. The first-order chi connectivity index (χ1) is 8.92. The molecule has 1 saturated carbocycles. The molecule has 98 valence electrons. The van der Waals surface area contributed by atoms with E-state index in [1.165, 1.54) is 31.2 Å². The molecule has 2 heterocycles. The zero-order chi connectivity index (χ0) is 12.2. The fraction of sp³-hybridized carbons (Fsp3) is 0.667. The third-order valence-corrected chi connectivity index (χ3v) is 4.16. The first-order valence-corrected chi connectivity index (χ1v) is 7.25. The predicted octanol–water partition coefficient (Wildman–Crippen LogP) is 2.87. The Morgan fingerprint density at radius 2 is 1.83 bits per heavy atom. The Labute approximate surface area is 109 Å². The van der Waals surface area contributed by atoms with Gasteiger partial charge in [-0.15, -0.1) is 0 Å². The lowest BCUT2D eigenvalue weighted by atomic mass is 10.00. The number of hydrogen-bond acceptors (Lipinski definition) is 3. The molecule has 18 heavy (non-hydrogen) atoms. The summed E-state index contributed by atoms with van der Waals surface area (Å²) in [4.78, 5) is 4.47. The van der Waals surface area contributed by atoms with Crippen LogP contribution in [0.15, 0.2) is 18.3 Å². The number of piperidine rings is 1. The molecule has 3 rings (SSSR count). The quantitative estimate of drug-likeness (QED) is 0.890. The van der Waals surface area contributed by atoms with Gasteiger partial charge in [-0.05, 0) is 50.3 Å². The van der Waals surface area contributed by atoms with Crippen LogP contribution in [-0.2, 0) is 0 Å². The van der Waals surface area contributed by atoms with Crippen LogP contribution < -0.4 is 10.1 Å². The van der Waals surface area contributed by atoms with Crippen LogP contribution in [0.1, 0.15) is 50.0 Å². The summed E-state index contributed by atoms with van der Waals surface area (Å²) in [7, 11) is 0. The highest BCUT2D eigenvalue weighted by Gasteiger charge is 2.18. The average molecular weight is 246 g/mol. The average Bonchev–Trinajstić information content (AvgIpc) is 2.95. The maximum Gasteiger partial charge on any atom is 0.213 e. The third kappa shape index (κ3) is 2.83. The lowest BCUT2D eigenvalue weighted by Crippen LogP contribution is -2.34. The van der Waals surface area contributed by atoms with E-state index >= 15 is 0 Å². The standard InChI is InChI=1S/C15H22N2O/c1-2-4-12(3-1)13-5-6-15(17-11-13)18-14-7-9-16-10-8-14/h5-6,11-12,14,16H,1-4,7-10H2. The number of nitrogens with zero attached hydrogens (tertiary/aromatic N) is 1. The monoisotopic (exact) mass is 246 g/mol. The second-order valence-electron chi connectivity index (χ2n) is 5.48. The zero-order valence-electron chi connectivity index (χ0n) is 10.9. The molecule has 2 aliphatic rings. The second kappa shape index (κ2) is 5.70. The SMILES string of the molecule is c1cc(OC2CCNCC2)ncc1C1CCCC1. The third-order valence-electron chi connectivity index (χ3n) is 4.16. The Morgan fingerprint density at radius 3 is 2.50 bits per heavy atom. The van der Waals surface area contributed by atoms with Crippen molar-refractivity contribution >= 4 is 0 Å². The highest BCUT2D eigenvalue weighted by molar-refractivity contribution is 5.22. The van der Waals surface area contributed by atoms with Crippen molar-refractivity contribution < 1.29 is 4.74 Å². The Balaban J connectivity index is 1.59. The lowest BCUT2D eigenvalue weighted by Gasteiger charge is -2.23. The minimum absolute atomic E-state index is 0.344. The fourth-order valence-electron chi connectivity index (χ4n) is 3.05. The number of pyridine rings is 1. The summed E-state index contributed by atoms with van der Waals surface area (Å²) >= 11 is 0. The van der Waals surface area contributed by atoms with Gasteiger partial charge in [0.05, 0.1) is 0 Å². The number of nitrogens with one attached hydrogen (secondary N) is 1. The Bertz CT molecular complexity index is 365. The molecule has 0 radical (unpaired) electrons. The Kier molecular flexibility index (Phi) is 3.79. The number of aromatic nitrogens is 1. The lowest BCUT2D eigenvalue weighted by molar-refractivity contribution is 0.156. The second-order valence-corrected chi connectivity index (χ2v) is 5.48. The van der Waals surface area contributed by atoms with Crippen molar-refractivity contribution in [2.45, 2.75) is 50.5 Å². The molecular weight excluding hydrogens is 224 g/mol. The van der Waals surface area contributed by atoms with Gasteiger partial charge in [-0.3, -0.25) is 0 Å². The highest BCUT2D eigenvalue weighted by atomic mass is 16.5. The largest absolute Gasteiger partial charge is 0.474 e. The predicted molar refractivity (Wildman–Crippen MR) is 72.0 cm³/mol. The van der Waals surface area contributed by atoms with Gasteiger partial charge in [-0.1, -0.05) is 18.9 Å². The summed E-state index contributed by atoms with van der Waals surface area (Å²) in [5, 5.41) is 3.35. The highest BCUT2D eigenvalue weighted by Crippen LogP contribution is 2.34. The van der Waals surface area contributed by atoms with Crippen molar-refractivity contribution in [2.75, 3.05) is 13.1 Å². The minimum atomic E-state index is 0.344. The van der Waals surface area contributed by atoms with Crippen LogP contribution in [0, 0.1) is 0 Å². The van der Waals surface area contributed by atoms with Crippen molar-refractivity contribution in [3.05, 3.63) is 23.9 Å². The van der Waals surface area contributed by atoms with Gasteiger partial charge in [0.25, 0.3) is 0 Å². The van der Waals surface area contributed by atoms with Crippen LogP contribution in [0.5, 0.6) is 5.88 Å². The van der Waals surface area contributed by atoms with Gasteiger partial charge < -0.3 is 10.1 Å². The van der Waals surface area contributed by atoms with Gasteiger partial charge in [-0.25, -0.2) is 4.98 Å². The molecule has 0 bridgehead atoms. The van der Waals surface area contributed by atoms with Crippen molar-refractivity contribution in [3.63, 3.8) is 0 Å². The smallest absolute Gasteiger partial charge is 0.213 e. The van der Waals surface area contributed by atoms with E-state index in [9.17, 15) is 0 Å². The molecular formula is C15H22N2O. The van der Waals surface area contributed by atoms with Gasteiger partial charge in [-0.2, -0.15) is 0 Å². The van der Waals surface area contributed by atoms with Gasteiger partial charge in [0.2, 0.25) is 5.88 Å². The van der Waals surface area contributed by atoms with Crippen molar-refractivity contribution in [1.82, 2.24) is 10.3 Å². The summed E-state index contributed by atoms with van der Waals surface area (Å²) in [5.74, 6) is 1.54. The van der Waals surface area contributed by atoms with Gasteiger partial charge >= 0.3 is 0 Å². The fourth-order valence-corrected chi connectivity index (χ4v) is 3.05. The molecule has 3 heteroatoms. The number of hydrogen-bond donors (Lipinski definition) is 1. The van der Waals surface area contributed by atoms with E-state index in [0.29, 0.717) is 6.10 Å². The van der Waals surface area contributed by atoms with Crippen LogP contribution in [0.25, 0.3) is 0 Å². The first-order valence-electron chi connectivity index (χ1n) is 7.25. The first kappa shape index (κ1) is 12.0. The van der Waals surface area contributed by atoms with Crippen molar-refractivity contribution in [2.24, 2.45) is 0 Å². The van der Waals surface area contributed by atoms with Crippen LogP contribution >= 0.6 is 0 Å². The number of ether oxygens (including phenoxy) is 1. The topological polar surface area (TPSA) is 34.1 Å². The van der Waals surface area contributed by atoms with E-state index in [-0.39, 0.29) is 0 Å². The van der Waals surface area contributed by atoms with Crippen LogP contribution in [0.2, 0.25) is 0 Å². The van der Waals surface area contributed by atoms with E-state index in [4.69, 9.17) is 4.74 Å². The zero-order valence-corrected chi connectivity index (χ0v) is 10.9. The van der Waals surface area contributed by atoms with Gasteiger partial charge in [0.15, 0.2) is 0 Å². The van der Waals surface area contributed by atoms with Gasteiger partial charge in [0.1, 0.15) is 6.10 Å². The molecule has 1 aliphatic carbocycles.